The number of methoxy groups -OCH3 is 1. The number of nitrogens with one attached hydrogen (secondary N) is 1. The molecule has 7 nitrogen and oxygen atoms in total. The number of aromatic amines is 1. The van der Waals surface area contributed by atoms with Crippen LogP contribution in [0.25, 0.3) is 11.3 Å². The molecule has 1 heterocycles. The van der Waals surface area contributed by atoms with Crippen LogP contribution in [0.15, 0.2) is 18.2 Å². The summed E-state index contributed by atoms with van der Waals surface area (Å²) in [7, 11) is 1.39. The van der Waals surface area contributed by atoms with Gasteiger partial charge in [0.15, 0.2) is 11.6 Å². The number of nitrogens with zero attached hydrogens (tertiary/aromatic N) is 2. The third-order valence-corrected chi connectivity index (χ3v) is 3.49. The van der Waals surface area contributed by atoms with E-state index in [1.165, 1.54) is 13.2 Å². The summed E-state index contributed by atoms with van der Waals surface area (Å²) >= 11 is 2.03. The van der Waals surface area contributed by atoms with Gasteiger partial charge in [-0.25, -0.2) is 0 Å². The topological polar surface area (TPSA) is 107 Å². The second kappa shape index (κ2) is 4.80. The molecule has 0 unspecified atom stereocenters. The van der Waals surface area contributed by atoms with Crippen molar-refractivity contribution in [3.8, 4) is 17.0 Å². The normalized spacial score (nSPS) is 10.3. The van der Waals surface area contributed by atoms with Crippen LogP contribution in [0.1, 0.15) is 0 Å². The van der Waals surface area contributed by atoms with Gasteiger partial charge in [0.2, 0.25) is 0 Å². The molecular formula is C10H9IN4O3. The minimum Gasteiger partial charge on any atom is -0.490 e. The van der Waals surface area contributed by atoms with E-state index in [0.29, 0.717) is 17.1 Å². The predicted molar refractivity (Wildman–Crippen MR) is 74.4 cm³/mol. The zero-order valence-corrected chi connectivity index (χ0v) is 11.5. The van der Waals surface area contributed by atoms with Crippen molar-refractivity contribution in [1.82, 2.24) is 10.2 Å². The summed E-state index contributed by atoms with van der Waals surface area (Å²) in [6, 6.07) is 4.68. The van der Waals surface area contributed by atoms with E-state index in [-0.39, 0.29) is 11.4 Å². The predicted octanol–water partition coefficient (Wildman–Crippen LogP) is 2.18. The summed E-state index contributed by atoms with van der Waals surface area (Å²) in [5.41, 5.74) is 6.81. The fourth-order valence-corrected chi connectivity index (χ4v) is 2.07. The van der Waals surface area contributed by atoms with Crippen molar-refractivity contribution in [2.75, 3.05) is 12.8 Å². The fourth-order valence-electron chi connectivity index (χ4n) is 1.52. The van der Waals surface area contributed by atoms with Crippen LogP contribution in [-0.2, 0) is 0 Å². The van der Waals surface area contributed by atoms with Gasteiger partial charge in [0, 0.05) is 11.6 Å². The summed E-state index contributed by atoms with van der Waals surface area (Å²) in [6.45, 7) is 0. The number of ether oxygens (including phenoxy) is 1. The monoisotopic (exact) mass is 360 g/mol. The molecule has 2 rings (SSSR count). The lowest BCUT2D eigenvalue weighted by Gasteiger charge is -2.04. The number of H-pyrrole nitrogens is 1. The van der Waals surface area contributed by atoms with Crippen LogP contribution in [0.2, 0.25) is 0 Å². The molecule has 94 valence electrons. The fraction of sp³-hybridized carbons (Fsp3) is 0.100. The lowest BCUT2D eigenvalue weighted by Crippen LogP contribution is -1.94. The zero-order valence-electron chi connectivity index (χ0n) is 9.31. The van der Waals surface area contributed by atoms with Crippen molar-refractivity contribution in [3.05, 3.63) is 31.9 Å². The Kier molecular flexibility index (Phi) is 3.36. The molecule has 0 saturated carbocycles. The first-order valence-corrected chi connectivity index (χ1v) is 5.94. The third-order valence-electron chi connectivity index (χ3n) is 2.40. The Labute approximate surface area is 116 Å². The van der Waals surface area contributed by atoms with Gasteiger partial charge in [-0.15, -0.1) is 0 Å². The molecular weight excluding hydrogens is 351 g/mol. The van der Waals surface area contributed by atoms with E-state index in [0.717, 1.165) is 3.57 Å². The molecule has 1 aromatic carbocycles. The molecule has 1 aromatic heterocycles. The molecule has 0 atom stereocenters. The molecule has 2 aromatic rings. The smallest absolute Gasteiger partial charge is 0.311 e. The van der Waals surface area contributed by atoms with E-state index in [9.17, 15) is 10.1 Å². The number of nitro groups is 1. The van der Waals surface area contributed by atoms with E-state index in [1.54, 1.807) is 12.1 Å². The second-order valence-corrected chi connectivity index (χ2v) is 4.52. The number of nitrogens with two attached hydrogens (primary N) is 1. The highest BCUT2D eigenvalue weighted by atomic mass is 127. The Bertz CT molecular complexity index is 611. The molecule has 0 saturated heterocycles. The van der Waals surface area contributed by atoms with Gasteiger partial charge in [0.1, 0.15) is 0 Å². The number of anilines is 1. The highest BCUT2D eigenvalue weighted by Crippen LogP contribution is 2.34. The van der Waals surface area contributed by atoms with Crippen LogP contribution in [-0.4, -0.2) is 22.2 Å². The van der Waals surface area contributed by atoms with Crippen molar-refractivity contribution in [2.45, 2.75) is 0 Å². The van der Waals surface area contributed by atoms with Crippen LogP contribution in [0.4, 0.5) is 11.5 Å². The van der Waals surface area contributed by atoms with Crippen LogP contribution >= 0.6 is 22.6 Å². The molecule has 0 spiro atoms. The number of aromatic nitrogens is 2. The second-order valence-electron chi connectivity index (χ2n) is 3.44. The standard InChI is InChI=1S/C10H9IN4O3/c1-18-7-3-2-5(4-6(7)15(16)17)9-8(11)10(12)14-13-9/h2-4H,1H3,(H3,12,13,14). The molecule has 0 aliphatic carbocycles. The Morgan fingerprint density at radius 3 is 2.78 bits per heavy atom. The molecule has 0 bridgehead atoms. The van der Waals surface area contributed by atoms with Gasteiger partial charge in [0.05, 0.1) is 21.3 Å². The molecule has 0 fully saturated rings. The molecule has 0 aliphatic heterocycles. The minimum absolute atomic E-state index is 0.0982. The summed E-state index contributed by atoms with van der Waals surface area (Å²) < 4.78 is 5.67. The summed E-state index contributed by atoms with van der Waals surface area (Å²) in [5.74, 6) is 0.579. The number of hydrogen-bond donors (Lipinski definition) is 2. The number of halogens is 1. The van der Waals surface area contributed by atoms with Gasteiger partial charge in [-0.3, -0.25) is 15.2 Å². The van der Waals surface area contributed by atoms with Gasteiger partial charge in [0.25, 0.3) is 0 Å². The molecule has 0 radical (unpaired) electrons. The van der Waals surface area contributed by atoms with E-state index in [2.05, 4.69) is 10.2 Å². The third kappa shape index (κ3) is 2.10. The zero-order chi connectivity index (χ0) is 13.3. The highest BCUT2D eigenvalue weighted by molar-refractivity contribution is 14.1. The average Bonchev–Trinajstić information content (AvgIpc) is 2.69. The average molecular weight is 360 g/mol. The number of benzene rings is 1. The van der Waals surface area contributed by atoms with E-state index in [1.807, 2.05) is 22.6 Å². The molecule has 8 heteroatoms. The van der Waals surface area contributed by atoms with Crippen molar-refractivity contribution in [3.63, 3.8) is 0 Å². The lowest BCUT2D eigenvalue weighted by molar-refractivity contribution is -0.385. The van der Waals surface area contributed by atoms with Crippen molar-refractivity contribution >= 4 is 34.1 Å². The van der Waals surface area contributed by atoms with Gasteiger partial charge in [-0.05, 0) is 34.7 Å². The number of hydrogen-bond acceptors (Lipinski definition) is 5. The van der Waals surface area contributed by atoms with Gasteiger partial charge < -0.3 is 10.5 Å². The van der Waals surface area contributed by atoms with Gasteiger partial charge in [-0.1, -0.05) is 0 Å². The first kappa shape index (κ1) is 12.6. The summed E-state index contributed by atoms with van der Waals surface area (Å²) in [5, 5.41) is 17.5. The Balaban J connectivity index is 2.57. The summed E-state index contributed by atoms with van der Waals surface area (Å²) in [6.07, 6.45) is 0. The number of rotatable bonds is 3. The maximum atomic E-state index is 10.9. The molecule has 18 heavy (non-hydrogen) atoms. The van der Waals surface area contributed by atoms with Crippen LogP contribution < -0.4 is 10.5 Å². The van der Waals surface area contributed by atoms with Crippen molar-refractivity contribution < 1.29 is 9.66 Å². The maximum absolute atomic E-state index is 10.9. The Hall–Kier alpha value is -1.84. The largest absolute Gasteiger partial charge is 0.490 e. The molecule has 0 aliphatic rings. The quantitative estimate of drug-likeness (QED) is 0.496. The van der Waals surface area contributed by atoms with Gasteiger partial charge >= 0.3 is 5.69 Å². The van der Waals surface area contributed by atoms with Crippen molar-refractivity contribution in [2.24, 2.45) is 0 Å². The van der Waals surface area contributed by atoms with Crippen LogP contribution in [0, 0.1) is 13.7 Å². The van der Waals surface area contributed by atoms with Crippen molar-refractivity contribution in [1.29, 1.82) is 0 Å². The first-order valence-electron chi connectivity index (χ1n) is 4.86. The van der Waals surface area contributed by atoms with Crippen LogP contribution in [0.5, 0.6) is 5.75 Å². The summed E-state index contributed by atoms with van der Waals surface area (Å²) in [4.78, 5) is 10.4. The Morgan fingerprint density at radius 2 is 2.28 bits per heavy atom. The lowest BCUT2D eigenvalue weighted by atomic mass is 10.1. The number of nitro benzene ring substituents is 1. The maximum Gasteiger partial charge on any atom is 0.311 e. The minimum atomic E-state index is -0.491. The van der Waals surface area contributed by atoms with Crippen LogP contribution in [0.3, 0.4) is 0 Å². The highest BCUT2D eigenvalue weighted by Gasteiger charge is 2.18. The van der Waals surface area contributed by atoms with E-state index in [4.69, 9.17) is 10.5 Å². The first-order chi connectivity index (χ1) is 8.54. The van der Waals surface area contributed by atoms with E-state index < -0.39 is 4.92 Å². The molecule has 3 N–H and O–H groups in total. The van der Waals surface area contributed by atoms with E-state index >= 15 is 0 Å². The SMILES string of the molecule is COc1ccc(-c2[nH]nc(N)c2I)cc1[N+](=O)[O-]. The van der Waals surface area contributed by atoms with Gasteiger partial charge in [-0.2, -0.15) is 5.10 Å². The molecule has 0 amide bonds. The Morgan fingerprint density at radius 1 is 1.56 bits per heavy atom. The number of nitrogen functional groups attached to an aromatic ring is 1.